The predicted molar refractivity (Wildman–Crippen MR) is 56.4 cm³/mol. The van der Waals surface area contributed by atoms with Crippen molar-refractivity contribution in [3.8, 4) is 0 Å². The molecule has 0 aliphatic heterocycles. The molecule has 0 aromatic heterocycles. The Morgan fingerprint density at radius 1 is 1.47 bits per heavy atom. The van der Waals surface area contributed by atoms with Crippen LogP contribution in [0.2, 0.25) is 5.02 Å². The number of hydrogen-bond donors (Lipinski definition) is 3. The lowest BCUT2D eigenvalue weighted by molar-refractivity contribution is -0.131. The van der Waals surface area contributed by atoms with Gasteiger partial charge in [0.05, 0.1) is 0 Å². The molecule has 0 radical (unpaired) electrons. The second-order valence-corrected chi connectivity index (χ2v) is 3.65. The molecule has 1 aromatic carbocycles. The van der Waals surface area contributed by atoms with E-state index in [9.17, 15) is 15.0 Å². The fourth-order valence-electron chi connectivity index (χ4n) is 1.27. The third kappa shape index (κ3) is 2.47. The van der Waals surface area contributed by atoms with E-state index >= 15 is 0 Å². The van der Waals surface area contributed by atoms with E-state index in [0.717, 1.165) is 0 Å². The Hall–Kier alpha value is -1.10. The lowest BCUT2D eigenvalue weighted by Crippen LogP contribution is -2.34. The van der Waals surface area contributed by atoms with Gasteiger partial charge in [-0.15, -0.1) is 0 Å². The van der Waals surface area contributed by atoms with Gasteiger partial charge >= 0.3 is 0 Å². The van der Waals surface area contributed by atoms with Crippen molar-refractivity contribution in [2.45, 2.75) is 19.1 Å². The Bertz CT molecular complexity index is 381. The highest BCUT2D eigenvalue weighted by atomic mass is 35.5. The number of carbonyl (C=O) groups is 1. The maximum Gasteiger partial charge on any atom is 0.249 e. The molecule has 0 heterocycles. The van der Waals surface area contributed by atoms with Crippen molar-refractivity contribution in [3.63, 3.8) is 0 Å². The van der Waals surface area contributed by atoms with Crippen molar-refractivity contribution >= 4 is 17.5 Å². The summed E-state index contributed by atoms with van der Waals surface area (Å²) in [4.78, 5) is 10.7. The SMILES string of the molecule is Cc1c(Cl)cccc1C(O)C(O)C(N)=O. The van der Waals surface area contributed by atoms with Crippen LogP contribution in [-0.2, 0) is 4.79 Å². The number of nitrogens with two attached hydrogens (primary N) is 1. The molecule has 0 fully saturated rings. The van der Waals surface area contributed by atoms with E-state index < -0.39 is 18.1 Å². The Labute approximate surface area is 92.3 Å². The van der Waals surface area contributed by atoms with Crippen LogP contribution in [0.1, 0.15) is 17.2 Å². The van der Waals surface area contributed by atoms with Gasteiger partial charge in [-0.3, -0.25) is 4.79 Å². The van der Waals surface area contributed by atoms with Crippen LogP contribution >= 0.6 is 11.6 Å². The summed E-state index contributed by atoms with van der Waals surface area (Å²) in [5.74, 6) is -0.970. The van der Waals surface area contributed by atoms with E-state index in [1.165, 1.54) is 0 Å². The van der Waals surface area contributed by atoms with Gasteiger partial charge in [0, 0.05) is 5.02 Å². The van der Waals surface area contributed by atoms with Crippen molar-refractivity contribution in [1.82, 2.24) is 0 Å². The van der Waals surface area contributed by atoms with Gasteiger partial charge in [-0.25, -0.2) is 0 Å². The van der Waals surface area contributed by atoms with Crippen LogP contribution in [0.15, 0.2) is 18.2 Å². The molecule has 0 spiro atoms. The highest BCUT2D eigenvalue weighted by molar-refractivity contribution is 6.31. The van der Waals surface area contributed by atoms with Gasteiger partial charge in [0.25, 0.3) is 0 Å². The van der Waals surface area contributed by atoms with Crippen molar-refractivity contribution in [2.24, 2.45) is 5.73 Å². The summed E-state index contributed by atoms with van der Waals surface area (Å²) in [5.41, 5.74) is 5.90. The highest BCUT2D eigenvalue weighted by Crippen LogP contribution is 2.25. The van der Waals surface area contributed by atoms with Crippen molar-refractivity contribution in [2.75, 3.05) is 0 Å². The fourth-order valence-corrected chi connectivity index (χ4v) is 1.45. The summed E-state index contributed by atoms with van der Waals surface area (Å²) in [6, 6.07) is 4.86. The monoisotopic (exact) mass is 229 g/mol. The number of amides is 1. The lowest BCUT2D eigenvalue weighted by Gasteiger charge is -2.17. The first-order valence-electron chi connectivity index (χ1n) is 4.35. The molecule has 0 saturated carbocycles. The van der Waals surface area contributed by atoms with Crippen LogP contribution < -0.4 is 5.73 Å². The van der Waals surface area contributed by atoms with Crippen molar-refractivity contribution < 1.29 is 15.0 Å². The van der Waals surface area contributed by atoms with Crippen LogP contribution in [0.4, 0.5) is 0 Å². The molecule has 5 heteroatoms. The summed E-state index contributed by atoms with van der Waals surface area (Å²) < 4.78 is 0. The van der Waals surface area contributed by atoms with E-state index in [1.807, 2.05) is 0 Å². The van der Waals surface area contributed by atoms with Gasteiger partial charge in [0.1, 0.15) is 6.10 Å². The van der Waals surface area contributed by atoms with Crippen molar-refractivity contribution in [1.29, 1.82) is 0 Å². The minimum Gasteiger partial charge on any atom is -0.385 e. The zero-order valence-corrected chi connectivity index (χ0v) is 8.90. The van der Waals surface area contributed by atoms with Gasteiger partial charge in [-0.05, 0) is 24.1 Å². The number of primary amides is 1. The Balaban J connectivity index is 3.06. The minimum absolute atomic E-state index is 0.397. The Morgan fingerprint density at radius 2 is 2.07 bits per heavy atom. The number of carbonyl (C=O) groups excluding carboxylic acids is 1. The number of hydrogen-bond acceptors (Lipinski definition) is 3. The van der Waals surface area contributed by atoms with Crippen LogP contribution in [0, 0.1) is 6.92 Å². The second-order valence-electron chi connectivity index (χ2n) is 3.25. The number of benzene rings is 1. The molecule has 2 atom stereocenters. The smallest absolute Gasteiger partial charge is 0.249 e. The number of halogens is 1. The minimum atomic E-state index is -1.62. The summed E-state index contributed by atoms with van der Waals surface area (Å²) in [7, 11) is 0. The maximum absolute atomic E-state index is 10.7. The standard InChI is InChI=1S/C10H12ClNO3/c1-5-6(3-2-4-7(5)11)8(13)9(14)10(12)15/h2-4,8-9,13-14H,1H3,(H2,12,15). The molecule has 0 aliphatic carbocycles. The molecule has 0 saturated heterocycles. The quantitative estimate of drug-likeness (QED) is 0.707. The Morgan fingerprint density at radius 3 is 2.60 bits per heavy atom. The number of rotatable bonds is 3. The average molecular weight is 230 g/mol. The molecule has 0 bridgehead atoms. The molecule has 1 rings (SSSR count). The van der Waals surface area contributed by atoms with Gasteiger partial charge in [0.2, 0.25) is 5.91 Å². The molecule has 0 aliphatic rings. The topological polar surface area (TPSA) is 83.6 Å². The zero-order valence-electron chi connectivity index (χ0n) is 8.14. The van der Waals surface area contributed by atoms with E-state index in [0.29, 0.717) is 16.1 Å². The molecule has 1 aromatic rings. The lowest BCUT2D eigenvalue weighted by atomic mass is 9.99. The largest absolute Gasteiger partial charge is 0.385 e. The van der Waals surface area contributed by atoms with E-state index in [1.54, 1.807) is 25.1 Å². The first-order chi connectivity index (χ1) is 6.95. The van der Waals surface area contributed by atoms with Gasteiger partial charge in [0.15, 0.2) is 6.10 Å². The van der Waals surface area contributed by atoms with Crippen LogP contribution in [-0.4, -0.2) is 22.2 Å². The third-order valence-corrected chi connectivity index (χ3v) is 2.63. The maximum atomic E-state index is 10.7. The first-order valence-corrected chi connectivity index (χ1v) is 4.73. The zero-order chi connectivity index (χ0) is 11.6. The van der Waals surface area contributed by atoms with Crippen LogP contribution in [0.25, 0.3) is 0 Å². The predicted octanol–water partition coefficient (Wildman–Crippen LogP) is 0.528. The van der Waals surface area contributed by atoms with Crippen LogP contribution in [0.3, 0.4) is 0 Å². The van der Waals surface area contributed by atoms with E-state index in [4.69, 9.17) is 17.3 Å². The van der Waals surface area contributed by atoms with Crippen LogP contribution in [0.5, 0.6) is 0 Å². The van der Waals surface area contributed by atoms with E-state index in [2.05, 4.69) is 0 Å². The van der Waals surface area contributed by atoms with Crippen molar-refractivity contribution in [3.05, 3.63) is 34.3 Å². The van der Waals surface area contributed by atoms with Gasteiger partial charge in [-0.2, -0.15) is 0 Å². The normalized spacial score (nSPS) is 14.7. The molecular weight excluding hydrogens is 218 g/mol. The molecule has 2 unspecified atom stereocenters. The fraction of sp³-hybridized carbons (Fsp3) is 0.300. The summed E-state index contributed by atoms with van der Waals surface area (Å²) in [6.45, 7) is 1.69. The number of aliphatic hydroxyl groups is 2. The summed E-state index contributed by atoms with van der Waals surface area (Å²) in [6.07, 6.45) is -2.97. The molecular formula is C10H12ClNO3. The second kappa shape index (κ2) is 4.61. The Kier molecular flexibility index (Phi) is 3.68. The highest BCUT2D eigenvalue weighted by Gasteiger charge is 2.24. The molecule has 1 amide bonds. The van der Waals surface area contributed by atoms with Gasteiger partial charge < -0.3 is 15.9 Å². The third-order valence-electron chi connectivity index (χ3n) is 2.22. The molecule has 4 nitrogen and oxygen atoms in total. The van der Waals surface area contributed by atoms with E-state index in [-0.39, 0.29) is 0 Å². The first kappa shape index (κ1) is 12.0. The molecule has 82 valence electrons. The molecule has 15 heavy (non-hydrogen) atoms. The molecule has 4 N–H and O–H groups in total. The number of aliphatic hydroxyl groups excluding tert-OH is 2. The van der Waals surface area contributed by atoms with Gasteiger partial charge in [-0.1, -0.05) is 23.7 Å². The summed E-state index contributed by atoms with van der Waals surface area (Å²) >= 11 is 5.83. The average Bonchev–Trinajstić information content (AvgIpc) is 2.20. The summed E-state index contributed by atoms with van der Waals surface area (Å²) in [5, 5.41) is 19.4.